The van der Waals surface area contributed by atoms with Crippen LogP contribution in [0.15, 0.2) is 17.2 Å². The molecule has 30 heavy (non-hydrogen) atoms. The number of anilines is 1. The van der Waals surface area contributed by atoms with Crippen molar-refractivity contribution >= 4 is 11.4 Å². The first-order chi connectivity index (χ1) is 13.2. The predicted molar refractivity (Wildman–Crippen MR) is 71.8 cm³/mol. The fourth-order valence-corrected chi connectivity index (χ4v) is 2.45. The molecule has 0 spiro atoms. The maximum Gasteiger partial charge on any atom is 0.433 e. The van der Waals surface area contributed by atoms with Crippen LogP contribution in [0.4, 0.5) is 58.4 Å². The Morgan fingerprint density at radius 2 is 1.23 bits per heavy atom. The minimum absolute atomic E-state index is 0.252. The summed E-state index contributed by atoms with van der Waals surface area (Å²) in [4.78, 5) is 2.28. The number of rotatable bonds is 2. The summed E-state index contributed by atoms with van der Waals surface area (Å²) in [5, 5.41) is 21.0. The molecule has 0 amide bonds. The Kier molecular flexibility index (Phi) is 5.71. The normalized spacial score (nSPS) is 22.3. The van der Waals surface area contributed by atoms with Crippen LogP contribution in [0, 0.1) is 5.92 Å². The van der Waals surface area contributed by atoms with Gasteiger partial charge in [0.25, 0.3) is 0 Å². The van der Waals surface area contributed by atoms with Crippen LogP contribution >= 0.6 is 0 Å². The molecule has 2 heterocycles. The Bertz CT molecular complexity index is 794. The Morgan fingerprint density at radius 3 is 1.57 bits per heavy atom. The molecule has 0 radical (unpaired) electrons. The number of nitrogens with zero attached hydrogens (tertiary/aromatic N) is 3. The fourth-order valence-electron chi connectivity index (χ4n) is 2.45. The second kappa shape index (κ2) is 7.14. The molecular formula is C13H7F12N3O2. The van der Waals surface area contributed by atoms with Gasteiger partial charge in [-0.2, -0.15) is 57.8 Å². The predicted octanol–water partition coefficient (Wildman–Crippen LogP) is 3.72. The van der Waals surface area contributed by atoms with Crippen LogP contribution in [0.2, 0.25) is 0 Å². The number of hydrogen-bond donors (Lipinski definition) is 2. The molecule has 3 unspecified atom stereocenters. The molecule has 0 saturated heterocycles. The minimum atomic E-state index is -5.74. The van der Waals surface area contributed by atoms with Crippen LogP contribution in [0.3, 0.4) is 0 Å². The first-order valence-electron chi connectivity index (χ1n) is 7.29. The highest BCUT2D eigenvalue weighted by Gasteiger charge is 2.59. The lowest BCUT2D eigenvalue weighted by atomic mass is 9.94. The maximum atomic E-state index is 13.0. The van der Waals surface area contributed by atoms with Crippen molar-refractivity contribution in [1.29, 1.82) is 0 Å². The summed E-state index contributed by atoms with van der Waals surface area (Å²) >= 11 is 0. The van der Waals surface area contributed by atoms with Crippen LogP contribution in [0.5, 0.6) is 0 Å². The third-order valence-electron chi connectivity index (χ3n) is 3.72. The van der Waals surface area contributed by atoms with E-state index >= 15 is 0 Å². The SMILES string of the molecule is OC1C(C(O)C(F)(F)F)C(C(F)(F)F)=NN1c1cc(C(F)(F)F)nc(C(F)(F)F)c1. The standard InChI is InChI=1S/C13H7F12N3O2/c14-10(15,16)4-1-3(2-5(26-4)11(17,18)19)28-9(30)6(8(29)13(23,24)25)7(27-28)12(20,21)22/h1-2,6,8-9,29-30H. The van der Waals surface area contributed by atoms with Gasteiger partial charge in [-0.1, -0.05) is 0 Å². The van der Waals surface area contributed by atoms with E-state index in [1.165, 1.54) is 0 Å². The van der Waals surface area contributed by atoms with Gasteiger partial charge in [0.2, 0.25) is 0 Å². The van der Waals surface area contributed by atoms with Crippen molar-refractivity contribution in [2.24, 2.45) is 11.0 Å². The topological polar surface area (TPSA) is 69.0 Å². The molecule has 0 fully saturated rings. The van der Waals surface area contributed by atoms with Gasteiger partial charge in [0, 0.05) is 0 Å². The van der Waals surface area contributed by atoms with Crippen molar-refractivity contribution in [1.82, 2.24) is 4.98 Å². The average Bonchev–Trinajstić information content (AvgIpc) is 2.88. The van der Waals surface area contributed by atoms with E-state index in [9.17, 15) is 57.8 Å². The van der Waals surface area contributed by atoms with Gasteiger partial charge in [0.05, 0.1) is 11.6 Å². The number of halogens is 12. The smallest absolute Gasteiger partial charge is 0.383 e. The summed E-state index contributed by atoms with van der Waals surface area (Å²) in [5.41, 5.74) is -8.47. The molecule has 0 aliphatic carbocycles. The van der Waals surface area contributed by atoms with Gasteiger partial charge in [-0.05, 0) is 12.1 Å². The van der Waals surface area contributed by atoms with Crippen molar-refractivity contribution in [3.8, 4) is 0 Å². The second-order valence-electron chi connectivity index (χ2n) is 5.84. The van der Waals surface area contributed by atoms with E-state index in [2.05, 4.69) is 10.1 Å². The summed E-state index contributed by atoms with van der Waals surface area (Å²) < 4.78 is 154. The van der Waals surface area contributed by atoms with E-state index in [-0.39, 0.29) is 12.1 Å². The highest BCUT2D eigenvalue weighted by molar-refractivity contribution is 5.95. The zero-order valence-electron chi connectivity index (χ0n) is 13.7. The summed E-state index contributed by atoms with van der Waals surface area (Å²) in [6, 6.07) is -0.503. The van der Waals surface area contributed by atoms with E-state index in [0.29, 0.717) is 0 Å². The van der Waals surface area contributed by atoms with Gasteiger partial charge < -0.3 is 10.2 Å². The third-order valence-corrected chi connectivity index (χ3v) is 3.72. The van der Waals surface area contributed by atoms with Crippen molar-refractivity contribution in [2.45, 2.75) is 37.0 Å². The van der Waals surface area contributed by atoms with Gasteiger partial charge in [-0.3, -0.25) is 0 Å². The molecule has 0 saturated carbocycles. The van der Waals surface area contributed by atoms with Gasteiger partial charge in [-0.25, -0.2) is 9.99 Å². The summed E-state index contributed by atoms with van der Waals surface area (Å²) in [6.07, 6.45) is -29.5. The van der Waals surface area contributed by atoms with Crippen molar-refractivity contribution in [2.75, 3.05) is 5.01 Å². The van der Waals surface area contributed by atoms with E-state index < -0.39 is 70.8 Å². The minimum Gasteiger partial charge on any atom is -0.383 e. The van der Waals surface area contributed by atoms with E-state index in [0.717, 1.165) is 0 Å². The van der Waals surface area contributed by atoms with Crippen molar-refractivity contribution < 1.29 is 62.9 Å². The van der Waals surface area contributed by atoms with E-state index in [4.69, 9.17) is 5.11 Å². The van der Waals surface area contributed by atoms with Crippen LogP contribution in [0.25, 0.3) is 0 Å². The zero-order valence-corrected chi connectivity index (χ0v) is 13.7. The van der Waals surface area contributed by atoms with Crippen LogP contribution in [-0.4, -0.2) is 45.6 Å². The first kappa shape index (κ1) is 24.0. The summed E-state index contributed by atoms with van der Waals surface area (Å²) in [6.45, 7) is 0. The molecule has 17 heteroatoms. The largest absolute Gasteiger partial charge is 0.433 e. The van der Waals surface area contributed by atoms with E-state index in [1.807, 2.05) is 0 Å². The Balaban J connectivity index is 2.67. The Hall–Kier alpha value is -2.30. The van der Waals surface area contributed by atoms with Crippen molar-refractivity contribution in [3.63, 3.8) is 0 Å². The van der Waals surface area contributed by atoms with Gasteiger partial charge in [0.1, 0.15) is 11.4 Å². The monoisotopic (exact) mass is 465 g/mol. The molecule has 170 valence electrons. The molecule has 2 N–H and O–H groups in total. The van der Waals surface area contributed by atoms with Crippen LogP contribution in [0.1, 0.15) is 11.4 Å². The number of hydrazone groups is 1. The molecule has 1 aromatic rings. The quantitative estimate of drug-likeness (QED) is 0.654. The van der Waals surface area contributed by atoms with Gasteiger partial charge >= 0.3 is 24.7 Å². The number of aliphatic hydroxyl groups excluding tert-OH is 2. The number of aliphatic hydroxyl groups is 2. The van der Waals surface area contributed by atoms with Gasteiger partial charge in [-0.15, -0.1) is 0 Å². The summed E-state index contributed by atoms with van der Waals surface area (Å²) in [5.74, 6) is -3.28. The summed E-state index contributed by atoms with van der Waals surface area (Å²) in [7, 11) is 0. The first-order valence-corrected chi connectivity index (χ1v) is 7.29. The molecule has 1 aliphatic heterocycles. The van der Waals surface area contributed by atoms with Crippen LogP contribution in [-0.2, 0) is 12.4 Å². The molecule has 2 rings (SSSR count). The maximum absolute atomic E-state index is 13.0. The van der Waals surface area contributed by atoms with Gasteiger partial charge in [0.15, 0.2) is 18.0 Å². The molecule has 1 aromatic heterocycles. The van der Waals surface area contributed by atoms with E-state index in [1.54, 1.807) is 0 Å². The highest BCUT2D eigenvalue weighted by Crippen LogP contribution is 2.42. The lowest BCUT2D eigenvalue weighted by Crippen LogP contribution is -2.49. The second-order valence-corrected chi connectivity index (χ2v) is 5.84. The zero-order chi connectivity index (χ0) is 23.4. The number of alkyl halides is 12. The molecule has 3 atom stereocenters. The Morgan fingerprint density at radius 1 is 0.800 bits per heavy atom. The van der Waals surface area contributed by atoms with Crippen LogP contribution < -0.4 is 5.01 Å². The third kappa shape index (κ3) is 4.71. The lowest BCUT2D eigenvalue weighted by molar-refractivity contribution is -0.221. The number of hydrogen-bond acceptors (Lipinski definition) is 5. The lowest BCUT2D eigenvalue weighted by Gasteiger charge is -2.28. The molecule has 0 bridgehead atoms. The fraction of sp³-hybridized carbons (Fsp3) is 0.538. The Labute approximate surface area is 157 Å². The molecule has 1 aliphatic rings. The molecular weight excluding hydrogens is 458 g/mol. The average molecular weight is 465 g/mol. The number of aromatic nitrogens is 1. The highest BCUT2D eigenvalue weighted by atomic mass is 19.4. The number of pyridine rings is 1. The molecule has 5 nitrogen and oxygen atoms in total. The van der Waals surface area contributed by atoms with Crippen molar-refractivity contribution in [3.05, 3.63) is 23.5 Å². The molecule has 0 aromatic carbocycles.